The Hall–Kier alpha value is -2.88. The topological polar surface area (TPSA) is 86.9 Å². The van der Waals surface area contributed by atoms with Gasteiger partial charge in [-0.05, 0) is 32.3 Å². The van der Waals surface area contributed by atoms with Crippen LogP contribution in [0.15, 0.2) is 34.9 Å². The van der Waals surface area contributed by atoms with Gasteiger partial charge in [0, 0.05) is 44.6 Å². The van der Waals surface area contributed by atoms with E-state index in [9.17, 15) is 18.0 Å². The Labute approximate surface area is 190 Å². The second-order valence-electron chi connectivity index (χ2n) is 8.61. The van der Waals surface area contributed by atoms with Gasteiger partial charge in [0.2, 0.25) is 5.91 Å². The number of halogens is 3. The molecule has 1 amide bonds. The van der Waals surface area contributed by atoms with Crippen molar-refractivity contribution in [2.24, 2.45) is 0 Å². The predicted molar refractivity (Wildman–Crippen MR) is 113 cm³/mol. The number of aliphatic carboxylic acids is 1. The number of amides is 1. The number of nitrogens with zero attached hydrogens (tertiary/aromatic N) is 3. The summed E-state index contributed by atoms with van der Waals surface area (Å²) in [4.78, 5) is 26.0. The number of piperidine rings is 1. The smallest absolute Gasteiger partial charge is 0.475 e. The minimum Gasteiger partial charge on any atom is -0.475 e. The summed E-state index contributed by atoms with van der Waals surface area (Å²) < 4.78 is 37.0. The van der Waals surface area contributed by atoms with Crippen molar-refractivity contribution in [3.8, 4) is 0 Å². The Morgan fingerprint density at radius 1 is 1.21 bits per heavy atom. The van der Waals surface area contributed by atoms with E-state index in [1.165, 1.54) is 11.1 Å². The Bertz CT molecular complexity index is 963. The van der Waals surface area contributed by atoms with Gasteiger partial charge in [-0.15, -0.1) is 0 Å². The van der Waals surface area contributed by atoms with Gasteiger partial charge in [-0.1, -0.05) is 35.5 Å². The van der Waals surface area contributed by atoms with Gasteiger partial charge in [0.05, 0.1) is 11.2 Å². The molecule has 0 saturated carbocycles. The molecular weight excluding hydrogens is 439 g/mol. The molecule has 2 aromatic rings. The summed E-state index contributed by atoms with van der Waals surface area (Å²) in [5.41, 5.74) is 3.44. The molecule has 1 atom stereocenters. The highest BCUT2D eigenvalue weighted by Crippen LogP contribution is 2.48. The van der Waals surface area contributed by atoms with Crippen LogP contribution in [0.4, 0.5) is 13.2 Å². The second-order valence-corrected chi connectivity index (χ2v) is 8.61. The third-order valence-electron chi connectivity index (χ3n) is 6.80. The maximum atomic E-state index is 12.6. The van der Waals surface area contributed by atoms with Crippen molar-refractivity contribution in [1.29, 1.82) is 0 Å². The van der Waals surface area contributed by atoms with Crippen LogP contribution in [0.2, 0.25) is 0 Å². The van der Waals surface area contributed by atoms with Gasteiger partial charge in [0.25, 0.3) is 0 Å². The van der Waals surface area contributed by atoms with E-state index in [-0.39, 0.29) is 11.4 Å². The highest BCUT2D eigenvalue weighted by atomic mass is 19.4. The Balaban J connectivity index is 0.000000383. The van der Waals surface area contributed by atoms with E-state index >= 15 is 0 Å². The monoisotopic (exact) mass is 467 g/mol. The number of carboxylic acid groups (broad SMARTS) is 1. The number of carboxylic acids is 1. The second kappa shape index (κ2) is 9.54. The van der Waals surface area contributed by atoms with Crippen LogP contribution in [0.5, 0.6) is 0 Å². The molecule has 2 fully saturated rings. The molecule has 4 rings (SSSR count). The summed E-state index contributed by atoms with van der Waals surface area (Å²) in [7, 11) is 2.00. The maximum Gasteiger partial charge on any atom is 0.490 e. The lowest BCUT2D eigenvalue weighted by Crippen LogP contribution is -2.53. The Morgan fingerprint density at radius 2 is 1.79 bits per heavy atom. The van der Waals surface area contributed by atoms with Gasteiger partial charge in [-0.2, -0.15) is 13.2 Å². The number of benzene rings is 1. The molecule has 0 bridgehead atoms. The minimum absolute atomic E-state index is 0.0479. The van der Waals surface area contributed by atoms with E-state index in [0.29, 0.717) is 12.3 Å². The van der Waals surface area contributed by atoms with Crippen LogP contribution < -0.4 is 0 Å². The van der Waals surface area contributed by atoms with E-state index in [0.717, 1.165) is 43.9 Å². The molecule has 1 spiro atoms. The van der Waals surface area contributed by atoms with Crippen molar-refractivity contribution in [3.05, 3.63) is 52.9 Å². The van der Waals surface area contributed by atoms with Gasteiger partial charge in [0.15, 0.2) is 0 Å². The fourth-order valence-corrected chi connectivity index (χ4v) is 4.83. The van der Waals surface area contributed by atoms with Crippen LogP contribution in [0.25, 0.3) is 0 Å². The molecule has 10 heteroatoms. The van der Waals surface area contributed by atoms with Gasteiger partial charge in [-0.25, -0.2) is 4.79 Å². The van der Waals surface area contributed by atoms with E-state index in [1.807, 2.05) is 31.9 Å². The summed E-state index contributed by atoms with van der Waals surface area (Å²) in [6.45, 7) is 6.85. The first-order valence-electron chi connectivity index (χ1n) is 10.7. The molecular formula is C23H28F3N3O4. The van der Waals surface area contributed by atoms with Gasteiger partial charge < -0.3 is 14.5 Å². The van der Waals surface area contributed by atoms with Gasteiger partial charge >= 0.3 is 12.1 Å². The standard InChI is InChI=1S/C21H27N3O2.C2HF3O2/c1-15-18(16(2)26-22-15)14-24-11-9-21(10-12-24)19(13-20(25)23(21)3)17-7-5-4-6-8-17;3-2(4,5)1(6)7/h4-8,19H,9-14H2,1-3H3;(H,6,7). The first kappa shape index (κ1) is 24.8. The number of likely N-dealkylation sites (N-methyl/N-ethyl adjacent to an activating group) is 1. The zero-order valence-electron chi connectivity index (χ0n) is 18.9. The highest BCUT2D eigenvalue weighted by Gasteiger charge is 2.52. The Kier molecular flexibility index (Phi) is 7.16. The summed E-state index contributed by atoms with van der Waals surface area (Å²) in [6, 6.07) is 10.6. The minimum atomic E-state index is -5.08. The van der Waals surface area contributed by atoms with Gasteiger partial charge in [0.1, 0.15) is 5.76 Å². The maximum absolute atomic E-state index is 12.6. The number of likely N-dealkylation sites (tertiary alicyclic amines) is 2. The lowest BCUT2D eigenvalue weighted by atomic mass is 9.73. The number of hydrogen-bond acceptors (Lipinski definition) is 5. The van der Waals surface area contributed by atoms with Crippen molar-refractivity contribution < 1.29 is 32.4 Å². The van der Waals surface area contributed by atoms with Crippen molar-refractivity contribution >= 4 is 11.9 Å². The summed E-state index contributed by atoms with van der Waals surface area (Å²) in [6.07, 6.45) is -2.43. The molecule has 2 saturated heterocycles. The van der Waals surface area contributed by atoms with Crippen LogP contribution in [-0.4, -0.2) is 63.8 Å². The number of carbonyl (C=O) groups is 2. The molecule has 3 heterocycles. The Morgan fingerprint density at radius 3 is 2.27 bits per heavy atom. The lowest BCUT2D eigenvalue weighted by Gasteiger charge is -2.47. The van der Waals surface area contributed by atoms with Crippen LogP contribution in [0.3, 0.4) is 0 Å². The molecule has 1 unspecified atom stereocenters. The molecule has 2 aliphatic rings. The third kappa shape index (κ3) is 5.21. The van der Waals surface area contributed by atoms with Crippen LogP contribution >= 0.6 is 0 Å². The molecule has 1 N–H and O–H groups in total. The molecule has 2 aliphatic heterocycles. The van der Waals surface area contributed by atoms with Gasteiger partial charge in [-0.3, -0.25) is 9.69 Å². The average Bonchev–Trinajstić information content (AvgIpc) is 3.21. The van der Waals surface area contributed by atoms with E-state index in [2.05, 4.69) is 34.3 Å². The third-order valence-corrected chi connectivity index (χ3v) is 6.80. The molecule has 1 aromatic carbocycles. The molecule has 7 nitrogen and oxygen atoms in total. The van der Waals surface area contributed by atoms with Crippen molar-refractivity contribution in [1.82, 2.24) is 15.0 Å². The fraction of sp³-hybridized carbons (Fsp3) is 0.522. The van der Waals surface area contributed by atoms with Crippen LogP contribution in [-0.2, 0) is 16.1 Å². The largest absolute Gasteiger partial charge is 0.490 e. The van der Waals surface area contributed by atoms with Crippen LogP contribution in [0, 0.1) is 13.8 Å². The number of alkyl halides is 3. The number of aryl methyl sites for hydroxylation is 2. The zero-order valence-corrected chi connectivity index (χ0v) is 18.9. The molecule has 180 valence electrons. The fourth-order valence-electron chi connectivity index (χ4n) is 4.83. The summed E-state index contributed by atoms with van der Waals surface area (Å²) in [5.74, 6) is -1.27. The van der Waals surface area contributed by atoms with Crippen molar-refractivity contribution in [2.45, 2.75) is 57.3 Å². The lowest BCUT2D eigenvalue weighted by molar-refractivity contribution is -0.192. The number of aromatic nitrogens is 1. The molecule has 33 heavy (non-hydrogen) atoms. The molecule has 0 radical (unpaired) electrons. The number of hydrogen-bond donors (Lipinski definition) is 1. The van der Waals surface area contributed by atoms with Crippen molar-refractivity contribution in [2.75, 3.05) is 20.1 Å². The van der Waals surface area contributed by atoms with E-state index in [1.54, 1.807) is 0 Å². The summed E-state index contributed by atoms with van der Waals surface area (Å²) in [5, 5.41) is 11.2. The quantitative estimate of drug-likeness (QED) is 0.737. The first-order valence-corrected chi connectivity index (χ1v) is 10.7. The number of carbonyl (C=O) groups excluding carboxylic acids is 1. The first-order chi connectivity index (χ1) is 15.5. The summed E-state index contributed by atoms with van der Waals surface area (Å²) >= 11 is 0. The van der Waals surface area contributed by atoms with E-state index in [4.69, 9.17) is 14.4 Å². The molecule has 1 aromatic heterocycles. The SMILES string of the molecule is Cc1noc(C)c1CN1CCC2(CC1)C(c1ccccc1)CC(=O)N2C.O=C(O)C(F)(F)F. The zero-order chi connectivity index (χ0) is 24.4. The van der Waals surface area contributed by atoms with Crippen LogP contribution in [0.1, 0.15) is 47.8 Å². The predicted octanol–water partition coefficient (Wildman–Crippen LogP) is 3.91. The average molecular weight is 467 g/mol. The number of rotatable bonds is 3. The van der Waals surface area contributed by atoms with Crippen molar-refractivity contribution in [3.63, 3.8) is 0 Å². The molecule has 0 aliphatic carbocycles. The van der Waals surface area contributed by atoms with E-state index < -0.39 is 12.1 Å². The highest BCUT2D eigenvalue weighted by molar-refractivity contribution is 5.81. The normalized spacial score (nSPS) is 20.6.